The number of halogens is 1. The molecule has 0 fully saturated rings. The van der Waals surface area contributed by atoms with E-state index in [9.17, 15) is 24.1 Å². The molecule has 30 heavy (non-hydrogen) atoms. The topological polar surface area (TPSA) is 107 Å². The van der Waals surface area contributed by atoms with E-state index >= 15 is 0 Å². The van der Waals surface area contributed by atoms with Crippen LogP contribution in [0.5, 0.6) is 0 Å². The SMILES string of the molecule is CN(C(=O)c1cc([N+](=O)[O-])ccc1Sc1ccccc1F)c1ccc(C(N)=O)cc1. The van der Waals surface area contributed by atoms with Crippen molar-refractivity contribution >= 4 is 35.0 Å². The fourth-order valence-corrected chi connectivity index (χ4v) is 3.62. The number of hydrogen-bond acceptors (Lipinski definition) is 5. The van der Waals surface area contributed by atoms with Crippen LogP contribution < -0.4 is 10.6 Å². The number of nitro groups is 1. The summed E-state index contributed by atoms with van der Waals surface area (Å²) in [5.74, 6) is -1.59. The number of hydrogen-bond donors (Lipinski definition) is 1. The zero-order valence-electron chi connectivity index (χ0n) is 15.7. The van der Waals surface area contributed by atoms with Gasteiger partial charge in [-0.25, -0.2) is 4.39 Å². The molecule has 3 rings (SSSR count). The molecule has 0 saturated heterocycles. The van der Waals surface area contributed by atoms with Gasteiger partial charge in [0.2, 0.25) is 5.91 Å². The summed E-state index contributed by atoms with van der Waals surface area (Å²) < 4.78 is 14.1. The van der Waals surface area contributed by atoms with Crippen LogP contribution in [0.4, 0.5) is 15.8 Å². The molecule has 0 aliphatic rings. The van der Waals surface area contributed by atoms with E-state index in [1.54, 1.807) is 30.3 Å². The first-order valence-electron chi connectivity index (χ1n) is 8.66. The largest absolute Gasteiger partial charge is 0.366 e. The van der Waals surface area contributed by atoms with Crippen LogP contribution in [-0.2, 0) is 0 Å². The highest BCUT2D eigenvalue weighted by Crippen LogP contribution is 2.35. The fourth-order valence-electron chi connectivity index (χ4n) is 2.68. The first-order chi connectivity index (χ1) is 14.3. The summed E-state index contributed by atoms with van der Waals surface area (Å²) in [6.45, 7) is 0. The Morgan fingerprint density at radius 2 is 1.70 bits per heavy atom. The number of nitrogens with two attached hydrogens (primary N) is 1. The van der Waals surface area contributed by atoms with Gasteiger partial charge in [0.15, 0.2) is 0 Å². The maximum atomic E-state index is 14.1. The fraction of sp³-hybridized carbons (Fsp3) is 0.0476. The molecule has 2 N–H and O–H groups in total. The smallest absolute Gasteiger partial charge is 0.270 e. The Morgan fingerprint density at radius 3 is 2.30 bits per heavy atom. The summed E-state index contributed by atoms with van der Waals surface area (Å²) in [7, 11) is 1.50. The van der Waals surface area contributed by atoms with Crippen LogP contribution in [0.15, 0.2) is 76.5 Å². The predicted octanol–water partition coefficient (Wildman–Crippen LogP) is 4.26. The zero-order valence-corrected chi connectivity index (χ0v) is 16.6. The van der Waals surface area contributed by atoms with Gasteiger partial charge >= 0.3 is 0 Å². The van der Waals surface area contributed by atoms with Crippen LogP contribution in [0.25, 0.3) is 0 Å². The van der Waals surface area contributed by atoms with Crippen molar-refractivity contribution in [3.8, 4) is 0 Å². The van der Waals surface area contributed by atoms with Crippen LogP contribution >= 0.6 is 11.8 Å². The number of amides is 2. The standard InChI is InChI=1S/C21H16FN3O4S/c1-24(14-8-6-13(7-9-14)20(23)26)21(27)16-12-15(25(28)29)10-11-18(16)30-19-5-3-2-4-17(19)22/h2-12H,1H3,(H2,23,26). The normalized spacial score (nSPS) is 10.5. The maximum Gasteiger partial charge on any atom is 0.270 e. The van der Waals surface area contributed by atoms with Crippen LogP contribution in [0.2, 0.25) is 0 Å². The van der Waals surface area contributed by atoms with Gasteiger partial charge in [-0.1, -0.05) is 23.9 Å². The van der Waals surface area contributed by atoms with Crippen molar-refractivity contribution in [3.63, 3.8) is 0 Å². The van der Waals surface area contributed by atoms with Gasteiger partial charge in [-0.15, -0.1) is 0 Å². The molecule has 0 aliphatic carbocycles. The average molecular weight is 425 g/mol. The van der Waals surface area contributed by atoms with E-state index in [2.05, 4.69) is 0 Å². The molecule has 0 saturated carbocycles. The van der Waals surface area contributed by atoms with Gasteiger partial charge in [-0.2, -0.15) is 0 Å². The summed E-state index contributed by atoms with van der Waals surface area (Å²) in [5, 5.41) is 11.2. The minimum absolute atomic E-state index is 0.0546. The van der Waals surface area contributed by atoms with Gasteiger partial charge < -0.3 is 10.6 Å². The molecular weight excluding hydrogens is 409 g/mol. The van der Waals surface area contributed by atoms with Crippen molar-refractivity contribution in [1.29, 1.82) is 0 Å². The first-order valence-corrected chi connectivity index (χ1v) is 9.48. The molecule has 9 heteroatoms. The van der Waals surface area contributed by atoms with E-state index in [0.29, 0.717) is 10.6 Å². The number of rotatable bonds is 6. The quantitative estimate of drug-likeness (QED) is 0.469. The highest BCUT2D eigenvalue weighted by molar-refractivity contribution is 7.99. The molecule has 0 heterocycles. The third kappa shape index (κ3) is 4.47. The van der Waals surface area contributed by atoms with Gasteiger partial charge in [0.25, 0.3) is 11.6 Å². The molecular formula is C21H16FN3O4S. The Hall–Kier alpha value is -3.72. The average Bonchev–Trinajstić information content (AvgIpc) is 2.74. The summed E-state index contributed by atoms with van der Waals surface area (Å²) in [6.07, 6.45) is 0. The molecule has 0 spiro atoms. The number of carbonyl (C=O) groups is 2. The van der Waals surface area contributed by atoms with E-state index < -0.39 is 22.6 Å². The summed E-state index contributed by atoms with van der Waals surface area (Å²) in [4.78, 5) is 36.9. The molecule has 3 aromatic rings. The third-order valence-corrected chi connectivity index (χ3v) is 5.43. The Balaban J connectivity index is 1.99. The lowest BCUT2D eigenvalue weighted by molar-refractivity contribution is -0.384. The molecule has 0 aliphatic heterocycles. The molecule has 0 unspecified atom stereocenters. The first kappa shape index (κ1) is 21.0. The second kappa shape index (κ2) is 8.75. The van der Waals surface area contributed by atoms with Gasteiger partial charge in [-0.05, 0) is 42.5 Å². The predicted molar refractivity (Wildman–Crippen MR) is 111 cm³/mol. The number of nitrogens with zero attached hydrogens (tertiary/aromatic N) is 2. The lowest BCUT2D eigenvalue weighted by Crippen LogP contribution is -2.27. The lowest BCUT2D eigenvalue weighted by Gasteiger charge is -2.19. The van der Waals surface area contributed by atoms with Crippen LogP contribution in [0, 0.1) is 15.9 Å². The molecule has 0 atom stereocenters. The Labute approximate surface area is 175 Å². The van der Waals surface area contributed by atoms with E-state index in [0.717, 1.165) is 11.8 Å². The van der Waals surface area contributed by atoms with Crippen molar-refractivity contribution in [3.05, 3.63) is 93.8 Å². The highest BCUT2D eigenvalue weighted by atomic mass is 32.2. The maximum absolute atomic E-state index is 14.1. The number of carbonyl (C=O) groups excluding carboxylic acids is 2. The summed E-state index contributed by atoms with van der Waals surface area (Å²) in [5.41, 5.74) is 5.76. The Morgan fingerprint density at radius 1 is 1.03 bits per heavy atom. The number of non-ortho nitro benzene ring substituents is 1. The monoisotopic (exact) mass is 425 g/mol. The van der Waals surface area contributed by atoms with Crippen molar-refractivity contribution in [2.75, 3.05) is 11.9 Å². The zero-order chi connectivity index (χ0) is 21.8. The van der Waals surface area contributed by atoms with Gasteiger partial charge in [-0.3, -0.25) is 19.7 Å². The molecule has 0 bridgehead atoms. The van der Waals surface area contributed by atoms with Gasteiger partial charge in [0.05, 0.1) is 10.5 Å². The van der Waals surface area contributed by atoms with Crippen LogP contribution in [-0.4, -0.2) is 23.8 Å². The van der Waals surface area contributed by atoms with Crippen molar-refractivity contribution in [2.24, 2.45) is 5.73 Å². The molecule has 7 nitrogen and oxygen atoms in total. The minimum atomic E-state index is -0.601. The number of anilines is 1. The Kier molecular flexibility index (Phi) is 6.12. The van der Waals surface area contributed by atoms with E-state index in [1.807, 2.05) is 0 Å². The second-order valence-electron chi connectivity index (χ2n) is 6.25. The number of primary amides is 1. The van der Waals surface area contributed by atoms with E-state index in [1.165, 1.54) is 48.3 Å². The van der Waals surface area contributed by atoms with Crippen LogP contribution in [0.1, 0.15) is 20.7 Å². The van der Waals surface area contributed by atoms with E-state index in [4.69, 9.17) is 5.73 Å². The minimum Gasteiger partial charge on any atom is -0.366 e. The number of benzene rings is 3. The Bertz CT molecular complexity index is 1140. The second-order valence-corrected chi connectivity index (χ2v) is 7.33. The third-order valence-electron chi connectivity index (χ3n) is 4.30. The summed E-state index contributed by atoms with van der Waals surface area (Å²) in [6, 6.07) is 15.9. The molecule has 152 valence electrons. The summed E-state index contributed by atoms with van der Waals surface area (Å²) >= 11 is 1.00. The lowest BCUT2D eigenvalue weighted by atomic mass is 10.1. The van der Waals surface area contributed by atoms with E-state index in [-0.39, 0.29) is 21.7 Å². The van der Waals surface area contributed by atoms with Crippen molar-refractivity contribution in [2.45, 2.75) is 9.79 Å². The van der Waals surface area contributed by atoms with Crippen molar-refractivity contribution in [1.82, 2.24) is 0 Å². The van der Waals surface area contributed by atoms with Crippen LogP contribution in [0.3, 0.4) is 0 Å². The van der Waals surface area contributed by atoms with Gasteiger partial charge in [0.1, 0.15) is 5.82 Å². The molecule has 3 aromatic carbocycles. The molecule has 2 amide bonds. The highest BCUT2D eigenvalue weighted by Gasteiger charge is 2.22. The van der Waals surface area contributed by atoms with Gasteiger partial charge in [0, 0.05) is 40.2 Å². The molecule has 0 radical (unpaired) electrons. The molecule has 0 aromatic heterocycles. The van der Waals surface area contributed by atoms with Crippen molar-refractivity contribution < 1.29 is 18.9 Å². The number of nitro benzene ring substituents is 1.